The Morgan fingerprint density at radius 2 is 1.35 bits per heavy atom. The first kappa shape index (κ1) is 22.0. The molecule has 3 N–H and O–H groups in total. The monoisotopic (exact) mass is 450 g/mol. The molecule has 1 saturated carbocycles. The second-order valence-corrected chi connectivity index (χ2v) is 8.97. The molecule has 0 unspecified atom stereocenters. The second kappa shape index (κ2) is 10.4. The van der Waals surface area contributed by atoms with E-state index in [9.17, 15) is 4.79 Å². The Labute approximate surface area is 200 Å². The highest BCUT2D eigenvalue weighted by atomic mass is 16.1. The number of carbonyl (C=O) groups is 1. The molecule has 1 aromatic heterocycles. The van der Waals surface area contributed by atoms with Crippen molar-refractivity contribution in [1.29, 1.82) is 0 Å². The Kier molecular flexibility index (Phi) is 6.71. The van der Waals surface area contributed by atoms with E-state index < -0.39 is 0 Å². The number of amides is 1. The van der Waals surface area contributed by atoms with Crippen LogP contribution in [0.4, 0.5) is 17.1 Å². The van der Waals surface area contributed by atoms with E-state index in [1.807, 2.05) is 60.8 Å². The Morgan fingerprint density at radius 3 is 2.06 bits per heavy atom. The van der Waals surface area contributed by atoms with E-state index in [1.165, 1.54) is 12.8 Å². The molecule has 1 heterocycles. The van der Waals surface area contributed by atoms with Crippen LogP contribution in [0.2, 0.25) is 0 Å². The van der Waals surface area contributed by atoms with E-state index >= 15 is 0 Å². The third-order valence-electron chi connectivity index (χ3n) is 6.49. The van der Waals surface area contributed by atoms with E-state index in [4.69, 9.17) is 0 Å². The minimum Gasteiger partial charge on any atom is -0.356 e. The summed E-state index contributed by atoms with van der Waals surface area (Å²) in [5.41, 5.74) is 5.95. The molecule has 5 rings (SSSR count). The van der Waals surface area contributed by atoms with Gasteiger partial charge in [-0.3, -0.25) is 4.79 Å². The minimum absolute atomic E-state index is 0.145. The Bertz CT molecular complexity index is 1210. The topological polar surface area (TPSA) is 69.8 Å². The number of anilines is 3. The van der Waals surface area contributed by atoms with E-state index in [1.54, 1.807) is 0 Å². The van der Waals surface area contributed by atoms with Crippen LogP contribution in [0.1, 0.15) is 38.5 Å². The maximum atomic E-state index is 12.6. The van der Waals surface area contributed by atoms with E-state index in [0.29, 0.717) is 0 Å². The third-order valence-corrected chi connectivity index (χ3v) is 6.49. The number of benzene rings is 3. The van der Waals surface area contributed by atoms with Gasteiger partial charge in [-0.05, 0) is 66.9 Å². The first-order valence-electron chi connectivity index (χ1n) is 12.1. The van der Waals surface area contributed by atoms with Crippen molar-refractivity contribution in [2.75, 3.05) is 10.6 Å². The van der Waals surface area contributed by atoms with E-state index in [2.05, 4.69) is 44.9 Å². The highest BCUT2D eigenvalue weighted by molar-refractivity contribution is 5.92. The molecule has 1 fully saturated rings. The zero-order valence-electron chi connectivity index (χ0n) is 19.3. The first-order valence-corrected chi connectivity index (χ1v) is 12.1. The predicted octanol–water partition coefficient (Wildman–Crippen LogP) is 7.40. The average molecular weight is 451 g/mol. The lowest BCUT2D eigenvalue weighted by molar-refractivity contribution is -0.120. The van der Waals surface area contributed by atoms with Crippen molar-refractivity contribution >= 4 is 23.0 Å². The van der Waals surface area contributed by atoms with Crippen molar-refractivity contribution in [2.24, 2.45) is 5.92 Å². The van der Waals surface area contributed by atoms with Crippen molar-refractivity contribution in [3.8, 4) is 22.6 Å². The highest BCUT2D eigenvalue weighted by Gasteiger charge is 2.20. The van der Waals surface area contributed by atoms with Gasteiger partial charge in [-0.15, -0.1) is 0 Å². The molecule has 34 heavy (non-hydrogen) atoms. The van der Waals surface area contributed by atoms with Gasteiger partial charge in [0.05, 0.1) is 11.9 Å². The third kappa shape index (κ3) is 5.37. The van der Waals surface area contributed by atoms with Crippen LogP contribution in [-0.4, -0.2) is 15.9 Å². The number of nitrogens with one attached hydrogen (secondary N) is 3. The zero-order valence-corrected chi connectivity index (χ0v) is 19.3. The standard InChI is InChI=1S/C29H30N4O/c34-29(23-8-4-1-2-5-9-23)32-26-16-12-21(13-17-26)27-20-30-28(33-27)22-14-18-25(19-15-22)31-24-10-6-3-7-11-24/h3,6-7,10-20,23,31H,1-2,4-5,8-9H2,(H,30,33)(H,32,34). The number of hydrogen-bond acceptors (Lipinski definition) is 3. The molecule has 1 aliphatic carbocycles. The Balaban J connectivity index is 1.22. The molecule has 5 nitrogen and oxygen atoms in total. The van der Waals surface area contributed by atoms with E-state index in [-0.39, 0.29) is 11.8 Å². The Hall–Kier alpha value is -3.86. The molecule has 0 bridgehead atoms. The van der Waals surface area contributed by atoms with Crippen LogP contribution in [0, 0.1) is 5.92 Å². The molecular weight excluding hydrogens is 420 g/mol. The van der Waals surface area contributed by atoms with Gasteiger partial charge in [0, 0.05) is 28.5 Å². The number of aromatic nitrogens is 2. The van der Waals surface area contributed by atoms with Gasteiger partial charge in [-0.25, -0.2) is 4.98 Å². The lowest BCUT2D eigenvalue weighted by Gasteiger charge is -2.14. The molecule has 0 saturated heterocycles. The summed E-state index contributed by atoms with van der Waals surface area (Å²) < 4.78 is 0. The fourth-order valence-electron chi connectivity index (χ4n) is 4.53. The Morgan fingerprint density at radius 1 is 0.735 bits per heavy atom. The molecular formula is C29H30N4O. The maximum absolute atomic E-state index is 12.6. The zero-order chi connectivity index (χ0) is 23.2. The first-order chi connectivity index (χ1) is 16.7. The molecule has 172 valence electrons. The highest BCUT2D eigenvalue weighted by Crippen LogP contribution is 2.27. The minimum atomic E-state index is 0.145. The van der Waals surface area contributed by atoms with Crippen molar-refractivity contribution < 1.29 is 4.79 Å². The smallest absolute Gasteiger partial charge is 0.227 e. The number of hydrogen-bond donors (Lipinski definition) is 3. The molecule has 1 amide bonds. The quantitative estimate of drug-likeness (QED) is 0.268. The van der Waals surface area contributed by atoms with Gasteiger partial charge >= 0.3 is 0 Å². The van der Waals surface area contributed by atoms with Gasteiger partial charge in [-0.2, -0.15) is 0 Å². The van der Waals surface area contributed by atoms with Crippen molar-refractivity contribution in [2.45, 2.75) is 38.5 Å². The lowest BCUT2D eigenvalue weighted by Crippen LogP contribution is -2.22. The summed E-state index contributed by atoms with van der Waals surface area (Å²) in [7, 11) is 0. The summed E-state index contributed by atoms with van der Waals surface area (Å²) in [5.74, 6) is 1.13. The summed E-state index contributed by atoms with van der Waals surface area (Å²) in [6.07, 6.45) is 8.68. The van der Waals surface area contributed by atoms with Gasteiger partial charge in [0.1, 0.15) is 5.82 Å². The lowest BCUT2D eigenvalue weighted by atomic mass is 9.99. The van der Waals surface area contributed by atoms with Crippen molar-refractivity contribution in [3.63, 3.8) is 0 Å². The molecule has 0 spiro atoms. The molecule has 1 aliphatic rings. The summed E-state index contributed by atoms with van der Waals surface area (Å²) >= 11 is 0. The van der Waals surface area contributed by atoms with Crippen LogP contribution in [-0.2, 0) is 4.79 Å². The summed E-state index contributed by atoms with van der Waals surface area (Å²) in [4.78, 5) is 20.6. The SMILES string of the molecule is O=C(Nc1ccc(-c2cnc(-c3ccc(Nc4ccccc4)cc3)[nH]2)cc1)C1CCCCCC1. The average Bonchev–Trinajstić information content (AvgIpc) is 3.20. The predicted molar refractivity (Wildman–Crippen MR) is 139 cm³/mol. The van der Waals surface area contributed by atoms with E-state index in [0.717, 1.165) is 65.4 Å². The van der Waals surface area contributed by atoms with Crippen LogP contribution in [0.3, 0.4) is 0 Å². The normalized spacial score (nSPS) is 14.4. The largest absolute Gasteiger partial charge is 0.356 e. The fraction of sp³-hybridized carbons (Fsp3) is 0.241. The van der Waals surface area contributed by atoms with Gasteiger partial charge in [0.15, 0.2) is 0 Å². The number of para-hydroxylation sites is 1. The molecule has 5 heteroatoms. The molecule has 0 atom stereocenters. The molecule has 4 aromatic rings. The van der Waals surface area contributed by atoms with Crippen molar-refractivity contribution in [1.82, 2.24) is 9.97 Å². The maximum Gasteiger partial charge on any atom is 0.227 e. The van der Waals surface area contributed by atoms with Gasteiger partial charge in [0.2, 0.25) is 5.91 Å². The van der Waals surface area contributed by atoms with Gasteiger partial charge in [-0.1, -0.05) is 56.0 Å². The molecule has 3 aromatic carbocycles. The van der Waals surface area contributed by atoms with Crippen LogP contribution < -0.4 is 10.6 Å². The van der Waals surface area contributed by atoms with Gasteiger partial charge < -0.3 is 15.6 Å². The number of aromatic amines is 1. The van der Waals surface area contributed by atoms with Crippen LogP contribution >= 0.6 is 0 Å². The van der Waals surface area contributed by atoms with Crippen LogP contribution in [0.25, 0.3) is 22.6 Å². The van der Waals surface area contributed by atoms with Crippen molar-refractivity contribution in [3.05, 3.63) is 85.1 Å². The summed E-state index contributed by atoms with van der Waals surface area (Å²) in [5, 5.41) is 6.50. The van der Waals surface area contributed by atoms with Crippen LogP contribution in [0.15, 0.2) is 85.1 Å². The van der Waals surface area contributed by atoms with Gasteiger partial charge in [0.25, 0.3) is 0 Å². The fourth-order valence-corrected chi connectivity index (χ4v) is 4.53. The number of H-pyrrole nitrogens is 1. The molecule has 0 aliphatic heterocycles. The number of carbonyl (C=O) groups excluding carboxylic acids is 1. The second-order valence-electron chi connectivity index (χ2n) is 8.97. The number of nitrogens with zero attached hydrogens (tertiary/aromatic N) is 1. The summed E-state index contributed by atoms with van der Waals surface area (Å²) in [6, 6.07) is 26.3. The number of imidazole rings is 1. The van der Waals surface area contributed by atoms with Crippen LogP contribution in [0.5, 0.6) is 0 Å². The number of rotatable bonds is 6. The molecule has 0 radical (unpaired) electrons. The summed E-state index contributed by atoms with van der Waals surface area (Å²) in [6.45, 7) is 0.